The summed E-state index contributed by atoms with van der Waals surface area (Å²) in [5, 5.41) is 2.94. The van der Waals surface area contributed by atoms with Crippen LogP contribution in [0.1, 0.15) is 18.7 Å². The Morgan fingerprint density at radius 1 is 1.42 bits per heavy atom. The van der Waals surface area contributed by atoms with Crippen LogP contribution in [0.3, 0.4) is 0 Å². The van der Waals surface area contributed by atoms with Crippen molar-refractivity contribution in [2.24, 2.45) is 0 Å². The largest absolute Gasteiger partial charge is 0.368 e. The second-order valence-corrected chi connectivity index (χ2v) is 5.62. The average Bonchev–Trinajstić information content (AvgIpc) is 3.12. The van der Waals surface area contributed by atoms with Gasteiger partial charge in [-0.05, 0) is 12.8 Å². The second-order valence-electron chi connectivity index (χ2n) is 4.64. The fourth-order valence-electron chi connectivity index (χ4n) is 1.42. The number of nitrogens with one attached hydrogen (secondary N) is 1. The third-order valence-corrected chi connectivity index (χ3v) is 3.42. The summed E-state index contributed by atoms with van der Waals surface area (Å²) in [5.41, 5.74) is 5.63. The zero-order chi connectivity index (χ0) is 13.8. The number of hydrogen-bond acceptors (Lipinski definition) is 7. The van der Waals surface area contributed by atoms with E-state index in [2.05, 4.69) is 20.3 Å². The van der Waals surface area contributed by atoms with E-state index in [-0.39, 0.29) is 11.9 Å². The maximum atomic E-state index is 11.5. The van der Waals surface area contributed by atoms with Gasteiger partial charge in [-0.3, -0.25) is 4.79 Å². The lowest BCUT2D eigenvalue weighted by Gasteiger charge is -2.11. The quantitative estimate of drug-likeness (QED) is 0.759. The molecule has 1 heterocycles. The predicted molar refractivity (Wildman–Crippen MR) is 75.9 cm³/mol. The van der Waals surface area contributed by atoms with E-state index in [9.17, 15) is 4.79 Å². The Labute approximate surface area is 116 Å². The molecule has 1 aliphatic carbocycles. The Morgan fingerprint density at radius 3 is 2.79 bits per heavy atom. The zero-order valence-electron chi connectivity index (χ0n) is 11.1. The lowest BCUT2D eigenvalue weighted by Crippen LogP contribution is -2.27. The van der Waals surface area contributed by atoms with Crippen LogP contribution in [0.2, 0.25) is 0 Å². The summed E-state index contributed by atoms with van der Waals surface area (Å²) in [6.45, 7) is 0. The van der Waals surface area contributed by atoms with Gasteiger partial charge in [0.05, 0.1) is 11.5 Å². The standard InChI is InChI=1S/C11H18N6OS/c1-17(2)11-15-8(14-10(12)16-11)5-19-6-9(18)13-7-3-4-7/h7H,3-6H2,1-2H3,(H,13,18)(H2,12,14,15,16). The molecule has 104 valence electrons. The van der Waals surface area contributed by atoms with Crippen LogP contribution in [0, 0.1) is 0 Å². The minimum absolute atomic E-state index is 0.0716. The molecule has 1 aromatic rings. The van der Waals surface area contributed by atoms with Crippen molar-refractivity contribution in [2.75, 3.05) is 30.5 Å². The van der Waals surface area contributed by atoms with Gasteiger partial charge in [-0.25, -0.2) is 0 Å². The molecule has 1 saturated carbocycles. The first-order valence-electron chi connectivity index (χ1n) is 6.09. The molecule has 0 unspecified atom stereocenters. The van der Waals surface area contributed by atoms with Crippen LogP contribution in [-0.2, 0) is 10.5 Å². The van der Waals surface area contributed by atoms with Crippen LogP contribution in [0.5, 0.6) is 0 Å². The molecular formula is C11H18N6OS. The lowest BCUT2D eigenvalue weighted by molar-refractivity contribution is -0.118. The molecule has 1 fully saturated rings. The third kappa shape index (κ3) is 4.55. The topological polar surface area (TPSA) is 97.0 Å². The maximum Gasteiger partial charge on any atom is 0.230 e. The Kier molecular flexibility index (Phi) is 4.41. The van der Waals surface area contributed by atoms with Gasteiger partial charge in [0.1, 0.15) is 5.82 Å². The summed E-state index contributed by atoms with van der Waals surface area (Å²) in [5.74, 6) is 2.37. The molecule has 7 nitrogen and oxygen atoms in total. The Morgan fingerprint density at radius 2 is 2.16 bits per heavy atom. The van der Waals surface area contributed by atoms with Crippen molar-refractivity contribution in [1.29, 1.82) is 0 Å². The minimum atomic E-state index is 0.0716. The van der Waals surface area contributed by atoms with Crippen molar-refractivity contribution in [3.05, 3.63) is 5.82 Å². The SMILES string of the molecule is CN(C)c1nc(N)nc(CSCC(=O)NC2CC2)n1. The van der Waals surface area contributed by atoms with Gasteiger partial charge in [0.2, 0.25) is 17.8 Å². The smallest absolute Gasteiger partial charge is 0.230 e. The van der Waals surface area contributed by atoms with E-state index in [0.29, 0.717) is 29.3 Å². The van der Waals surface area contributed by atoms with Crippen molar-refractivity contribution in [3.63, 3.8) is 0 Å². The number of thioether (sulfide) groups is 1. The van der Waals surface area contributed by atoms with E-state index in [4.69, 9.17) is 5.73 Å². The molecule has 3 N–H and O–H groups in total. The molecule has 0 radical (unpaired) electrons. The van der Waals surface area contributed by atoms with Gasteiger partial charge in [-0.2, -0.15) is 15.0 Å². The Bertz CT molecular complexity index is 462. The Hall–Kier alpha value is -1.57. The van der Waals surface area contributed by atoms with Crippen LogP contribution in [0.25, 0.3) is 0 Å². The van der Waals surface area contributed by atoms with Crippen LogP contribution >= 0.6 is 11.8 Å². The summed E-state index contributed by atoms with van der Waals surface area (Å²) in [6.07, 6.45) is 2.21. The first-order chi connectivity index (χ1) is 9.04. The molecule has 2 rings (SSSR count). The third-order valence-electron chi connectivity index (χ3n) is 2.49. The van der Waals surface area contributed by atoms with Gasteiger partial charge in [-0.1, -0.05) is 0 Å². The molecular weight excluding hydrogens is 264 g/mol. The summed E-state index contributed by atoms with van der Waals surface area (Å²) >= 11 is 1.47. The minimum Gasteiger partial charge on any atom is -0.368 e. The molecule has 19 heavy (non-hydrogen) atoms. The van der Waals surface area contributed by atoms with Gasteiger partial charge in [0, 0.05) is 20.1 Å². The fourth-order valence-corrected chi connectivity index (χ4v) is 2.10. The van der Waals surface area contributed by atoms with Crippen molar-refractivity contribution in [3.8, 4) is 0 Å². The average molecular weight is 282 g/mol. The zero-order valence-corrected chi connectivity index (χ0v) is 11.9. The Balaban J connectivity index is 1.82. The maximum absolute atomic E-state index is 11.5. The molecule has 0 saturated heterocycles. The molecule has 0 spiro atoms. The highest BCUT2D eigenvalue weighted by molar-refractivity contribution is 7.99. The first kappa shape index (κ1) is 13.9. The molecule has 1 aromatic heterocycles. The van der Waals surface area contributed by atoms with Gasteiger partial charge in [-0.15, -0.1) is 11.8 Å². The van der Waals surface area contributed by atoms with Crippen molar-refractivity contribution in [1.82, 2.24) is 20.3 Å². The molecule has 0 aliphatic heterocycles. The van der Waals surface area contributed by atoms with Crippen LogP contribution in [0.15, 0.2) is 0 Å². The number of rotatable bonds is 6. The van der Waals surface area contributed by atoms with Gasteiger partial charge in [0.15, 0.2) is 0 Å². The number of carbonyl (C=O) groups is 1. The van der Waals surface area contributed by atoms with Crippen LogP contribution in [-0.4, -0.2) is 46.7 Å². The van der Waals surface area contributed by atoms with Gasteiger partial charge in [0.25, 0.3) is 0 Å². The van der Waals surface area contributed by atoms with Crippen LogP contribution in [0.4, 0.5) is 11.9 Å². The normalized spacial score (nSPS) is 14.2. The number of nitrogens with zero attached hydrogens (tertiary/aromatic N) is 4. The summed E-state index contributed by atoms with van der Waals surface area (Å²) in [7, 11) is 3.68. The van der Waals surface area contributed by atoms with Crippen molar-refractivity contribution in [2.45, 2.75) is 24.6 Å². The summed E-state index contributed by atoms with van der Waals surface area (Å²) in [6, 6.07) is 0.404. The fraction of sp³-hybridized carbons (Fsp3) is 0.636. The highest BCUT2D eigenvalue weighted by Crippen LogP contribution is 2.19. The van der Waals surface area contributed by atoms with E-state index in [1.54, 1.807) is 4.90 Å². The highest BCUT2D eigenvalue weighted by Gasteiger charge is 2.22. The summed E-state index contributed by atoms with van der Waals surface area (Å²) < 4.78 is 0. The molecule has 0 aromatic carbocycles. The monoisotopic (exact) mass is 282 g/mol. The first-order valence-corrected chi connectivity index (χ1v) is 7.25. The van der Waals surface area contributed by atoms with Crippen LogP contribution < -0.4 is 16.0 Å². The number of nitrogens with two attached hydrogens (primary N) is 1. The van der Waals surface area contributed by atoms with Crippen molar-refractivity contribution >= 4 is 29.6 Å². The highest BCUT2D eigenvalue weighted by atomic mass is 32.2. The van der Waals surface area contributed by atoms with Gasteiger partial charge < -0.3 is 16.0 Å². The molecule has 8 heteroatoms. The summed E-state index contributed by atoms with van der Waals surface area (Å²) in [4.78, 5) is 25.6. The molecule has 0 atom stereocenters. The number of amides is 1. The predicted octanol–water partition coefficient (Wildman–Crippen LogP) is 0.0316. The van der Waals surface area contributed by atoms with E-state index in [0.717, 1.165) is 12.8 Å². The number of carbonyl (C=O) groups excluding carboxylic acids is 1. The van der Waals surface area contributed by atoms with E-state index in [1.807, 2.05) is 14.1 Å². The van der Waals surface area contributed by atoms with Crippen molar-refractivity contribution < 1.29 is 4.79 Å². The van der Waals surface area contributed by atoms with Gasteiger partial charge >= 0.3 is 0 Å². The number of anilines is 2. The number of nitrogen functional groups attached to an aromatic ring is 1. The number of aromatic nitrogens is 3. The van der Waals surface area contributed by atoms with E-state index >= 15 is 0 Å². The molecule has 1 aliphatic rings. The second kappa shape index (κ2) is 6.05. The number of hydrogen-bond donors (Lipinski definition) is 2. The van der Waals surface area contributed by atoms with E-state index < -0.39 is 0 Å². The molecule has 0 bridgehead atoms. The van der Waals surface area contributed by atoms with E-state index in [1.165, 1.54) is 11.8 Å². The molecule has 1 amide bonds. The lowest BCUT2D eigenvalue weighted by atomic mass is 10.6.